The number of methoxy groups -OCH3 is 2. The third kappa shape index (κ3) is 1.78. The molecule has 0 unspecified atom stereocenters. The lowest BCUT2D eigenvalue weighted by atomic mass is 10.1. The summed E-state index contributed by atoms with van der Waals surface area (Å²) in [6.45, 7) is 1.57. The van der Waals surface area contributed by atoms with Gasteiger partial charge < -0.3 is 15.2 Å². The summed E-state index contributed by atoms with van der Waals surface area (Å²) in [5.74, 6) is 0.719. The monoisotopic (exact) mass is 212 g/mol. The summed E-state index contributed by atoms with van der Waals surface area (Å²) in [4.78, 5) is 10.2. The van der Waals surface area contributed by atoms with Crippen molar-refractivity contribution >= 4 is 11.4 Å². The Labute approximate surface area is 86.7 Å². The smallest absolute Gasteiger partial charge is 0.298 e. The fourth-order valence-electron chi connectivity index (χ4n) is 1.43. The van der Waals surface area contributed by atoms with Crippen LogP contribution in [0.4, 0.5) is 11.4 Å². The van der Waals surface area contributed by atoms with Gasteiger partial charge in [-0.25, -0.2) is 0 Å². The van der Waals surface area contributed by atoms with Gasteiger partial charge in [-0.15, -0.1) is 0 Å². The van der Waals surface area contributed by atoms with E-state index in [1.54, 1.807) is 6.92 Å². The molecule has 0 spiro atoms. The van der Waals surface area contributed by atoms with Gasteiger partial charge in [0.15, 0.2) is 11.5 Å². The Balaban J connectivity index is 3.51. The fraction of sp³-hybridized carbons (Fsp3) is 0.333. The van der Waals surface area contributed by atoms with Crippen molar-refractivity contribution in [2.75, 3.05) is 20.0 Å². The number of hydrogen-bond donors (Lipinski definition) is 1. The zero-order chi connectivity index (χ0) is 11.6. The number of nitrogen functional groups attached to an aromatic ring is 1. The SMILES string of the molecule is COc1cc(N)c([N+](=O)[O-])c(C)c1OC. The largest absolute Gasteiger partial charge is 0.493 e. The van der Waals surface area contributed by atoms with E-state index in [0.717, 1.165) is 0 Å². The maximum atomic E-state index is 10.7. The van der Waals surface area contributed by atoms with Crippen LogP contribution < -0.4 is 15.2 Å². The van der Waals surface area contributed by atoms with Crippen LogP contribution in [0.25, 0.3) is 0 Å². The number of nitro groups is 1. The van der Waals surface area contributed by atoms with E-state index in [2.05, 4.69) is 0 Å². The van der Waals surface area contributed by atoms with E-state index in [9.17, 15) is 10.1 Å². The lowest BCUT2D eigenvalue weighted by molar-refractivity contribution is -0.384. The summed E-state index contributed by atoms with van der Waals surface area (Å²) < 4.78 is 10.0. The van der Waals surface area contributed by atoms with Gasteiger partial charge >= 0.3 is 0 Å². The van der Waals surface area contributed by atoms with E-state index < -0.39 is 4.92 Å². The van der Waals surface area contributed by atoms with Crippen molar-refractivity contribution in [3.8, 4) is 11.5 Å². The van der Waals surface area contributed by atoms with E-state index in [4.69, 9.17) is 15.2 Å². The first kappa shape index (κ1) is 11.1. The molecule has 0 aliphatic heterocycles. The lowest BCUT2D eigenvalue weighted by Crippen LogP contribution is -2.02. The molecule has 0 aliphatic rings. The molecule has 15 heavy (non-hydrogen) atoms. The van der Waals surface area contributed by atoms with E-state index in [-0.39, 0.29) is 11.4 Å². The van der Waals surface area contributed by atoms with Gasteiger partial charge in [-0.3, -0.25) is 10.1 Å². The molecule has 0 fully saturated rings. The predicted molar refractivity (Wildman–Crippen MR) is 55.3 cm³/mol. The molecule has 6 nitrogen and oxygen atoms in total. The third-order valence-corrected chi connectivity index (χ3v) is 2.09. The Morgan fingerprint density at radius 3 is 2.40 bits per heavy atom. The Kier molecular flexibility index (Phi) is 2.99. The van der Waals surface area contributed by atoms with Crippen LogP contribution in [0.3, 0.4) is 0 Å². The second-order valence-electron chi connectivity index (χ2n) is 2.93. The van der Waals surface area contributed by atoms with Crippen LogP contribution in [0.15, 0.2) is 6.07 Å². The number of anilines is 1. The van der Waals surface area contributed by atoms with Gasteiger partial charge in [0.2, 0.25) is 0 Å². The molecule has 0 saturated heterocycles. The van der Waals surface area contributed by atoms with Crippen LogP contribution in [-0.4, -0.2) is 19.1 Å². The second kappa shape index (κ2) is 4.04. The summed E-state index contributed by atoms with van der Waals surface area (Å²) in [5, 5.41) is 10.7. The molecule has 0 radical (unpaired) electrons. The summed E-state index contributed by atoms with van der Waals surface area (Å²) in [6.07, 6.45) is 0. The van der Waals surface area contributed by atoms with E-state index in [1.807, 2.05) is 0 Å². The first-order valence-electron chi connectivity index (χ1n) is 4.18. The molecular formula is C9H12N2O4. The summed E-state index contributed by atoms with van der Waals surface area (Å²) in [5.41, 5.74) is 5.82. The molecule has 0 saturated carbocycles. The van der Waals surface area contributed by atoms with Crippen LogP contribution in [0.2, 0.25) is 0 Å². The average molecular weight is 212 g/mol. The number of nitrogens with zero attached hydrogens (tertiary/aromatic N) is 1. The Hall–Kier alpha value is -1.98. The Morgan fingerprint density at radius 1 is 1.40 bits per heavy atom. The van der Waals surface area contributed by atoms with E-state index >= 15 is 0 Å². The number of benzene rings is 1. The first-order valence-corrected chi connectivity index (χ1v) is 4.18. The maximum absolute atomic E-state index is 10.7. The Morgan fingerprint density at radius 2 is 2.00 bits per heavy atom. The van der Waals surface area contributed by atoms with Gasteiger partial charge in [0.1, 0.15) is 5.69 Å². The molecule has 2 N–H and O–H groups in total. The van der Waals surface area contributed by atoms with Crippen molar-refractivity contribution in [2.45, 2.75) is 6.92 Å². The molecule has 0 aliphatic carbocycles. The molecule has 82 valence electrons. The maximum Gasteiger partial charge on any atom is 0.298 e. The van der Waals surface area contributed by atoms with Crippen molar-refractivity contribution in [1.82, 2.24) is 0 Å². The first-order chi connectivity index (χ1) is 7.02. The summed E-state index contributed by atoms with van der Waals surface area (Å²) >= 11 is 0. The van der Waals surface area contributed by atoms with Gasteiger partial charge in [0.05, 0.1) is 24.7 Å². The highest BCUT2D eigenvalue weighted by Gasteiger charge is 2.23. The van der Waals surface area contributed by atoms with Gasteiger partial charge in [-0.2, -0.15) is 0 Å². The minimum Gasteiger partial charge on any atom is -0.493 e. The van der Waals surface area contributed by atoms with Gasteiger partial charge in [0, 0.05) is 6.07 Å². The van der Waals surface area contributed by atoms with Crippen molar-refractivity contribution in [3.05, 3.63) is 21.7 Å². The van der Waals surface area contributed by atoms with Crippen molar-refractivity contribution in [1.29, 1.82) is 0 Å². The zero-order valence-corrected chi connectivity index (χ0v) is 8.73. The van der Waals surface area contributed by atoms with Crippen LogP contribution in [0, 0.1) is 17.0 Å². The molecule has 1 rings (SSSR count). The van der Waals surface area contributed by atoms with Crippen molar-refractivity contribution in [3.63, 3.8) is 0 Å². The van der Waals surface area contributed by atoms with Crippen LogP contribution in [-0.2, 0) is 0 Å². The molecule has 6 heteroatoms. The summed E-state index contributed by atoms with van der Waals surface area (Å²) in [6, 6.07) is 1.38. The highest BCUT2D eigenvalue weighted by molar-refractivity contribution is 5.70. The highest BCUT2D eigenvalue weighted by atomic mass is 16.6. The third-order valence-electron chi connectivity index (χ3n) is 2.09. The number of ether oxygens (including phenoxy) is 2. The summed E-state index contributed by atoms with van der Waals surface area (Å²) in [7, 11) is 2.87. The van der Waals surface area contributed by atoms with Crippen LogP contribution in [0.1, 0.15) is 5.56 Å². The van der Waals surface area contributed by atoms with Gasteiger partial charge in [-0.1, -0.05) is 0 Å². The molecule has 0 bridgehead atoms. The molecule has 0 atom stereocenters. The highest BCUT2D eigenvalue weighted by Crippen LogP contribution is 2.40. The van der Waals surface area contributed by atoms with E-state index in [1.165, 1.54) is 20.3 Å². The van der Waals surface area contributed by atoms with Crippen molar-refractivity contribution in [2.24, 2.45) is 0 Å². The van der Waals surface area contributed by atoms with Crippen LogP contribution >= 0.6 is 0 Å². The average Bonchev–Trinajstić information content (AvgIpc) is 2.16. The second-order valence-corrected chi connectivity index (χ2v) is 2.93. The molecule has 1 aromatic carbocycles. The van der Waals surface area contributed by atoms with Gasteiger partial charge in [-0.05, 0) is 6.92 Å². The van der Waals surface area contributed by atoms with Gasteiger partial charge in [0.25, 0.3) is 5.69 Å². The number of nitrogens with two attached hydrogens (primary N) is 1. The quantitative estimate of drug-likeness (QED) is 0.466. The normalized spacial score (nSPS) is 9.80. The minimum atomic E-state index is -0.535. The fourth-order valence-corrected chi connectivity index (χ4v) is 1.43. The lowest BCUT2D eigenvalue weighted by Gasteiger charge is -2.11. The van der Waals surface area contributed by atoms with Crippen LogP contribution in [0.5, 0.6) is 11.5 Å². The Bertz CT molecular complexity index is 404. The van der Waals surface area contributed by atoms with Crippen molar-refractivity contribution < 1.29 is 14.4 Å². The molecule has 1 aromatic rings. The molecule has 0 heterocycles. The molecule has 0 amide bonds. The topological polar surface area (TPSA) is 87.6 Å². The number of hydrogen-bond acceptors (Lipinski definition) is 5. The number of nitro benzene ring substituents is 1. The molecular weight excluding hydrogens is 200 g/mol. The standard InChI is InChI=1S/C9H12N2O4/c1-5-8(11(12)13)6(10)4-7(14-2)9(5)15-3/h4H,10H2,1-3H3. The van der Waals surface area contributed by atoms with E-state index in [0.29, 0.717) is 17.1 Å². The zero-order valence-electron chi connectivity index (χ0n) is 8.73. The minimum absolute atomic E-state index is 0.0650. The predicted octanol–water partition coefficient (Wildman–Crippen LogP) is 1.50. The molecule has 0 aromatic heterocycles. The number of rotatable bonds is 3.